The molecule has 5 nitrogen and oxygen atoms in total. The van der Waals surface area contributed by atoms with Crippen molar-refractivity contribution in [1.29, 1.82) is 0 Å². The Morgan fingerprint density at radius 3 is 2.61 bits per heavy atom. The van der Waals surface area contributed by atoms with Crippen molar-refractivity contribution < 1.29 is 9.59 Å². The minimum Gasteiger partial charge on any atom is -0.340 e. The maximum atomic E-state index is 11.3. The lowest BCUT2D eigenvalue weighted by molar-refractivity contribution is -0.117. The van der Waals surface area contributed by atoms with Crippen LogP contribution in [0.5, 0.6) is 0 Å². The van der Waals surface area contributed by atoms with E-state index >= 15 is 0 Å². The molecule has 0 saturated heterocycles. The highest BCUT2D eigenvalue weighted by molar-refractivity contribution is 6.31. The van der Waals surface area contributed by atoms with E-state index in [4.69, 9.17) is 11.6 Å². The number of hydrogen-bond acceptors (Lipinski definition) is 2. The summed E-state index contributed by atoms with van der Waals surface area (Å²) in [5.74, 6) is -0.435. The summed E-state index contributed by atoms with van der Waals surface area (Å²) in [6.07, 6.45) is 2.91. The van der Waals surface area contributed by atoms with Crippen LogP contribution in [-0.2, 0) is 4.79 Å². The van der Waals surface area contributed by atoms with E-state index in [-0.39, 0.29) is 0 Å². The molecule has 0 aliphatic rings. The maximum Gasteiger partial charge on any atom is 0.333 e. The first-order valence-electron chi connectivity index (χ1n) is 5.25. The zero-order valence-electron chi connectivity index (χ0n) is 10.1. The van der Waals surface area contributed by atoms with E-state index in [1.165, 1.54) is 13.1 Å². The molecule has 3 amide bonds. The van der Waals surface area contributed by atoms with Crippen LogP contribution in [0.15, 0.2) is 24.3 Å². The molecule has 0 radical (unpaired) electrons. The number of hydrazine groups is 1. The average Bonchev–Trinajstić information content (AvgIpc) is 2.37. The van der Waals surface area contributed by atoms with Crippen molar-refractivity contribution in [2.24, 2.45) is 0 Å². The predicted molar refractivity (Wildman–Crippen MR) is 71.0 cm³/mol. The number of urea groups is 1. The highest BCUT2D eigenvalue weighted by Gasteiger charge is 1.99. The molecule has 96 valence electrons. The maximum absolute atomic E-state index is 11.3. The third-order valence-corrected chi connectivity index (χ3v) is 2.56. The number of carbonyl (C=O) groups excluding carboxylic acids is 2. The molecule has 18 heavy (non-hydrogen) atoms. The molecule has 0 bridgehead atoms. The average molecular weight is 268 g/mol. The van der Waals surface area contributed by atoms with Gasteiger partial charge in [0.2, 0.25) is 0 Å². The minimum atomic E-state index is -0.491. The molecule has 1 aromatic carbocycles. The van der Waals surface area contributed by atoms with Gasteiger partial charge in [-0.2, -0.15) is 0 Å². The van der Waals surface area contributed by atoms with Crippen molar-refractivity contribution in [2.45, 2.75) is 6.92 Å². The summed E-state index contributed by atoms with van der Waals surface area (Å²) in [6.45, 7) is 1.90. The van der Waals surface area contributed by atoms with E-state index in [1.807, 2.05) is 19.1 Å². The quantitative estimate of drug-likeness (QED) is 0.563. The van der Waals surface area contributed by atoms with Crippen molar-refractivity contribution >= 4 is 29.6 Å². The molecule has 0 saturated carbocycles. The summed E-state index contributed by atoms with van der Waals surface area (Å²) in [7, 11) is 1.45. The topological polar surface area (TPSA) is 70.2 Å². The molecule has 6 heteroatoms. The number of nitrogens with one attached hydrogen (secondary N) is 3. The van der Waals surface area contributed by atoms with Crippen LogP contribution in [0.1, 0.15) is 11.1 Å². The summed E-state index contributed by atoms with van der Waals surface area (Å²) < 4.78 is 0. The van der Waals surface area contributed by atoms with E-state index in [0.717, 1.165) is 11.1 Å². The molecule has 1 aromatic rings. The molecular formula is C12H14ClN3O2. The standard InChI is InChI=1S/C12H14ClN3O2/c1-8-3-4-9(7-10(8)13)5-6-11(17)15-16-12(18)14-2/h3-7H,1-2H3,(H,15,17)(H2,14,16,18)/b6-5+. The highest BCUT2D eigenvalue weighted by atomic mass is 35.5. The van der Waals surface area contributed by atoms with Gasteiger partial charge in [-0.1, -0.05) is 23.7 Å². The molecule has 0 fully saturated rings. The fourth-order valence-electron chi connectivity index (χ4n) is 1.11. The van der Waals surface area contributed by atoms with Crippen LogP contribution in [0.4, 0.5) is 4.79 Å². The van der Waals surface area contributed by atoms with Crippen LogP contribution >= 0.6 is 11.6 Å². The summed E-state index contributed by atoms with van der Waals surface area (Å²) in [5, 5.41) is 2.94. The smallest absolute Gasteiger partial charge is 0.333 e. The number of hydrogen-bond donors (Lipinski definition) is 3. The normalized spacial score (nSPS) is 10.2. The Hall–Kier alpha value is -2.01. The van der Waals surface area contributed by atoms with E-state index in [0.29, 0.717) is 5.02 Å². The Balaban J connectivity index is 2.55. The molecule has 3 N–H and O–H groups in total. The van der Waals surface area contributed by atoms with Gasteiger partial charge in [0, 0.05) is 18.1 Å². The van der Waals surface area contributed by atoms with Crippen LogP contribution in [0, 0.1) is 6.92 Å². The van der Waals surface area contributed by atoms with Gasteiger partial charge < -0.3 is 5.32 Å². The molecule has 1 rings (SSSR count). The van der Waals surface area contributed by atoms with E-state index in [1.54, 1.807) is 12.1 Å². The zero-order chi connectivity index (χ0) is 13.5. The molecular weight excluding hydrogens is 254 g/mol. The third-order valence-electron chi connectivity index (χ3n) is 2.15. The number of benzene rings is 1. The Bertz CT molecular complexity index is 486. The first kappa shape index (κ1) is 14.1. The van der Waals surface area contributed by atoms with Gasteiger partial charge in [-0.05, 0) is 30.2 Å². The Labute approximate surface area is 110 Å². The number of halogens is 1. The van der Waals surface area contributed by atoms with Crippen LogP contribution < -0.4 is 16.2 Å². The fraction of sp³-hybridized carbons (Fsp3) is 0.167. The van der Waals surface area contributed by atoms with Gasteiger partial charge in [0.25, 0.3) is 5.91 Å². The second-order valence-electron chi connectivity index (χ2n) is 3.54. The summed E-state index contributed by atoms with van der Waals surface area (Å²) in [6, 6.07) is 4.97. The van der Waals surface area contributed by atoms with E-state index in [9.17, 15) is 9.59 Å². The number of aryl methyl sites for hydroxylation is 1. The summed E-state index contributed by atoms with van der Waals surface area (Å²) in [5.41, 5.74) is 6.15. The Morgan fingerprint density at radius 1 is 1.28 bits per heavy atom. The van der Waals surface area contributed by atoms with Gasteiger partial charge in [0.15, 0.2) is 0 Å². The fourth-order valence-corrected chi connectivity index (χ4v) is 1.30. The predicted octanol–water partition coefficient (Wildman–Crippen LogP) is 1.62. The monoisotopic (exact) mass is 267 g/mol. The molecule has 0 heterocycles. The van der Waals surface area contributed by atoms with Gasteiger partial charge >= 0.3 is 6.03 Å². The molecule has 0 aromatic heterocycles. The van der Waals surface area contributed by atoms with Gasteiger partial charge in [-0.3, -0.25) is 10.2 Å². The van der Waals surface area contributed by atoms with Gasteiger partial charge in [0.1, 0.15) is 0 Å². The number of carbonyl (C=O) groups is 2. The van der Waals surface area contributed by atoms with E-state index in [2.05, 4.69) is 16.2 Å². The van der Waals surface area contributed by atoms with Crippen molar-refractivity contribution in [3.8, 4) is 0 Å². The largest absolute Gasteiger partial charge is 0.340 e. The number of amides is 3. The SMILES string of the molecule is CNC(=O)NNC(=O)/C=C/c1ccc(C)c(Cl)c1. The van der Waals surface area contributed by atoms with Gasteiger partial charge in [-0.25, -0.2) is 10.2 Å². The van der Waals surface area contributed by atoms with Crippen molar-refractivity contribution in [3.05, 3.63) is 40.4 Å². The Kier molecular flexibility index (Phi) is 5.20. The molecule has 0 atom stereocenters. The first-order chi connectivity index (χ1) is 8.52. The third kappa shape index (κ3) is 4.47. The second-order valence-corrected chi connectivity index (χ2v) is 3.94. The molecule has 0 aliphatic carbocycles. The number of rotatable bonds is 2. The minimum absolute atomic E-state index is 0.435. The van der Waals surface area contributed by atoms with Crippen LogP contribution in [0.25, 0.3) is 6.08 Å². The first-order valence-corrected chi connectivity index (χ1v) is 5.62. The zero-order valence-corrected chi connectivity index (χ0v) is 10.8. The summed E-state index contributed by atoms with van der Waals surface area (Å²) in [4.78, 5) is 22.1. The highest BCUT2D eigenvalue weighted by Crippen LogP contribution is 2.17. The van der Waals surface area contributed by atoms with Gasteiger partial charge in [-0.15, -0.1) is 0 Å². The lowest BCUT2D eigenvalue weighted by Gasteiger charge is -2.03. The lowest BCUT2D eigenvalue weighted by Crippen LogP contribution is -2.45. The van der Waals surface area contributed by atoms with Crippen molar-refractivity contribution in [2.75, 3.05) is 7.05 Å². The Morgan fingerprint density at radius 2 is 2.00 bits per heavy atom. The van der Waals surface area contributed by atoms with Crippen LogP contribution in [0.3, 0.4) is 0 Å². The lowest BCUT2D eigenvalue weighted by atomic mass is 10.1. The second kappa shape index (κ2) is 6.66. The van der Waals surface area contributed by atoms with Crippen LogP contribution in [-0.4, -0.2) is 19.0 Å². The van der Waals surface area contributed by atoms with Crippen LogP contribution in [0.2, 0.25) is 5.02 Å². The van der Waals surface area contributed by atoms with E-state index < -0.39 is 11.9 Å². The molecule has 0 spiro atoms. The molecule has 0 aliphatic heterocycles. The van der Waals surface area contributed by atoms with Crippen molar-refractivity contribution in [3.63, 3.8) is 0 Å². The summed E-state index contributed by atoms with van der Waals surface area (Å²) >= 11 is 5.95. The van der Waals surface area contributed by atoms with Crippen molar-refractivity contribution in [1.82, 2.24) is 16.2 Å². The molecule has 0 unspecified atom stereocenters. The van der Waals surface area contributed by atoms with Gasteiger partial charge in [0.05, 0.1) is 0 Å².